The minimum atomic E-state index is -0.803. The fourth-order valence-corrected chi connectivity index (χ4v) is 5.28. The lowest BCUT2D eigenvalue weighted by atomic mass is 9.67. The third-order valence-electron chi connectivity index (χ3n) is 6.91. The van der Waals surface area contributed by atoms with Crippen molar-refractivity contribution in [2.75, 3.05) is 0 Å². The Labute approximate surface area is 145 Å². The summed E-state index contributed by atoms with van der Waals surface area (Å²) in [5.41, 5.74) is -0.803. The van der Waals surface area contributed by atoms with Crippen molar-refractivity contribution < 1.29 is 4.39 Å². The first-order chi connectivity index (χ1) is 11.2. The van der Waals surface area contributed by atoms with Crippen LogP contribution in [0, 0.1) is 17.8 Å². The lowest BCUT2D eigenvalue weighted by molar-refractivity contribution is 0.0455. The summed E-state index contributed by atoms with van der Waals surface area (Å²) in [5, 5.41) is 0. The molecule has 0 nitrogen and oxygen atoms in total. The third kappa shape index (κ3) is 6.39. The van der Waals surface area contributed by atoms with Crippen molar-refractivity contribution in [1.82, 2.24) is 0 Å². The van der Waals surface area contributed by atoms with E-state index >= 15 is 0 Å². The van der Waals surface area contributed by atoms with E-state index in [0.29, 0.717) is 0 Å². The van der Waals surface area contributed by atoms with Gasteiger partial charge in [-0.05, 0) is 62.7 Å². The fraction of sp³-hybridized carbons (Fsp3) is 1.00. The summed E-state index contributed by atoms with van der Waals surface area (Å²) in [4.78, 5) is 0. The fourth-order valence-electron chi connectivity index (χ4n) is 5.28. The first kappa shape index (κ1) is 19.3. The van der Waals surface area contributed by atoms with Crippen LogP contribution in [0.2, 0.25) is 0 Å². The molecule has 0 atom stereocenters. The molecule has 0 bridgehead atoms. The quantitative estimate of drug-likeness (QED) is 0.379. The lowest BCUT2D eigenvalue weighted by Gasteiger charge is -2.40. The number of halogens is 1. The van der Waals surface area contributed by atoms with Gasteiger partial charge in [-0.1, -0.05) is 71.6 Å². The molecule has 2 aliphatic rings. The summed E-state index contributed by atoms with van der Waals surface area (Å²) in [5.74, 6) is 2.78. The van der Waals surface area contributed by atoms with E-state index in [9.17, 15) is 4.39 Å². The Morgan fingerprint density at radius 2 is 1.35 bits per heavy atom. The van der Waals surface area contributed by atoms with E-state index in [0.717, 1.165) is 43.4 Å². The molecule has 1 heteroatoms. The highest BCUT2D eigenvalue weighted by Gasteiger charge is 2.38. The average molecular weight is 325 g/mol. The topological polar surface area (TPSA) is 0 Å². The standard InChI is InChI=1S/C22H41F/c1-3-5-6-7-8-16-22(23)17-14-21(15-18-22)20-12-10-19(9-4-2)11-13-20/h19-21H,3-18H2,1-2H3/t19?,20?,21-,22+. The smallest absolute Gasteiger partial charge is 0.111 e. The predicted molar refractivity (Wildman–Crippen MR) is 99.5 cm³/mol. The van der Waals surface area contributed by atoms with Crippen LogP contribution in [-0.2, 0) is 0 Å². The van der Waals surface area contributed by atoms with Crippen LogP contribution in [0.4, 0.5) is 4.39 Å². The molecule has 0 unspecified atom stereocenters. The minimum Gasteiger partial charge on any atom is -0.244 e. The zero-order chi connectivity index (χ0) is 16.5. The zero-order valence-electron chi connectivity index (χ0n) is 15.9. The van der Waals surface area contributed by atoms with Crippen LogP contribution >= 0.6 is 0 Å². The molecule has 0 aromatic carbocycles. The normalized spacial score (nSPS) is 35.3. The minimum absolute atomic E-state index is 0.803. The zero-order valence-corrected chi connectivity index (χ0v) is 15.9. The van der Waals surface area contributed by atoms with Gasteiger partial charge in [0.1, 0.15) is 5.67 Å². The van der Waals surface area contributed by atoms with E-state index in [1.807, 2.05) is 0 Å². The molecule has 2 fully saturated rings. The lowest BCUT2D eigenvalue weighted by Crippen LogP contribution is -2.33. The second-order valence-electron chi connectivity index (χ2n) is 8.72. The maximum atomic E-state index is 15.0. The Bertz CT molecular complexity index is 295. The molecule has 0 N–H and O–H groups in total. The molecule has 0 aromatic heterocycles. The van der Waals surface area contributed by atoms with Gasteiger partial charge in [-0.3, -0.25) is 0 Å². The molecular weight excluding hydrogens is 283 g/mol. The van der Waals surface area contributed by atoms with Gasteiger partial charge in [0, 0.05) is 0 Å². The molecule has 0 aliphatic heterocycles. The largest absolute Gasteiger partial charge is 0.244 e. The van der Waals surface area contributed by atoms with Gasteiger partial charge in [-0.15, -0.1) is 0 Å². The number of unbranched alkanes of at least 4 members (excludes halogenated alkanes) is 4. The molecule has 2 rings (SSSR count). The van der Waals surface area contributed by atoms with Crippen molar-refractivity contribution in [2.45, 2.75) is 122 Å². The second-order valence-corrected chi connectivity index (χ2v) is 8.72. The highest BCUT2D eigenvalue weighted by atomic mass is 19.1. The molecule has 0 saturated heterocycles. The van der Waals surface area contributed by atoms with E-state index in [2.05, 4.69) is 13.8 Å². The van der Waals surface area contributed by atoms with Crippen molar-refractivity contribution in [2.24, 2.45) is 17.8 Å². The predicted octanol–water partition coefficient (Wildman–Crippen LogP) is 7.85. The van der Waals surface area contributed by atoms with Crippen molar-refractivity contribution in [3.05, 3.63) is 0 Å². The Balaban J connectivity index is 1.63. The van der Waals surface area contributed by atoms with Gasteiger partial charge in [0.25, 0.3) is 0 Å². The van der Waals surface area contributed by atoms with Crippen LogP contribution in [0.1, 0.15) is 117 Å². The van der Waals surface area contributed by atoms with Crippen molar-refractivity contribution in [3.63, 3.8) is 0 Å². The van der Waals surface area contributed by atoms with Crippen LogP contribution < -0.4 is 0 Å². The number of hydrogen-bond donors (Lipinski definition) is 0. The van der Waals surface area contributed by atoms with Crippen LogP contribution in [0.15, 0.2) is 0 Å². The SMILES string of the molecule is CCCCCCC[C@]1(F)CC[C@@H](C2CCC(CCC)CC2)CC1. The molecule has 0 spiro atoms. The Morgan fingerprint density at radius 1 is 0.739 bits per heavy atom. The third-order valence-corrected chi connectivity index (χ3v) is 6.91. The monoisotopic (exact) mass is 324 g/mol. The van der Waals surface area contributed by atoms with Gasteiger partial charge >= 0.3 is 0 Å². The Kier molecular flexibility index (Phi) is 8.41. The number of alkyl halides is 1. The first-order valence-electron chi connectivity index (χ1n) is 10.9. The van der Waals surface area contributed by atoms with Crippen LogP contribution in [0.3, 0.4) is 0 Å². The van der Waals surface area contributed by atoms with E-state index in [1.165, 1.54) is 77.0 Å². The second kappa shape index (κ2) is 10.0. The average Bonchev–Trinajstić information content (AvgIpc) is 2.57. The van der Waals surface area contributed by atoms with Crippen LogP contribution in [0.5, 0.6) is 0 Å². The molecule has 23 heavy (non-hydrogen) atoms. The summed E-state index contributed by atoms with van der Waals surface area (Å²) >= 11 is 0. The van der Waals surface area contributed by atoms with Gasteiger partial charge in [-0.25, -0.2) is 4.39 Å². The molecule has 0 amide bonds. The van der Waals surface area contributed by atoms with Crippen LogP contribution in [-0.4, -0.2) is 5.67 Å². The maximum Gasteiger partial charge on any atom is 0.111 e. The summed E-state index contributed by atoms with van der Waals surface area (Å²) < 4.78 is 15.0. The number of rotatable bonds is 9. The Hall–Kier alpha value is -0.0700. The molecule has 2 saturated carbocycles. The first-order valence-corrected chi connectivity index (χ1v) is 10.9. The van der Waals surface area contributed by atoms with E-state index in [-0.39, 0.29) is 0 Å². The maximum absolute atomic E-state index is 15.0. The van der Waals surface area contributed by atoms with E-state index < -0.39 is 5.67 Å². The number of hydrogen-bond acceptors (Lipinski definition) is 0. The van der Waals surface area contributed by atoms with E-state index in [4.69, 9.17) is 0 Å². The highest BCUT2D eigenvalue weighted by Crippen LogP contribution is 2.45. The molecule has 136 valence electrons. The van der Waals surface area contributed by atoms with Gasteiger partial charge in [0.2, 0.25) is 0 Å². The van der Waals surface area contributed by atoms with Crippen molar-refractivity contribution >= 4 is 0 Å². The Morgan fingerprint density at radius 3 is 1.96 bits per heavy atom. The molecule has 0 heterocycles. The van der Waals surface area contributed by atoms with Crippen molar-refractivity contribution in [1.29, 1.82) is 0 Å². The van der Waals surface area contributed by atoms with Gasteiger partial charge in [0.05, 0.1) is 0 Å². The molecule has 0 radical (unpaired) electrons. The summed E-state index contributed by atoms with van der Waals surface area (Å²) in [6.45, 7) is 4.56. The van der Waals surface area contributed by atoms with E-state index in [1.54, 1.807) is 0 Å². The highest BCUT2D eigenvalue weighted by molar-refractivity contribution is 4.89. The summed E-state index contributed by atoms with van der Waals surface area (Å²) in [6.07, 6.45) is 19.7. The molecule has 0 aromatic rings. The van der Waals surface area contributed by atoms with Gasteiger partial charge in [-0.2, -0.15) is 0 Å². The molecular formula is C22H41F. The molecule has 2 aliphatic carbocycles. The van der Waals surface area contributed by atoms with Gasteiger partial charge < -0.3 is 0 Å². The van der Waals surface area contributed by atoms with Gasteiger partial charge in [0.15, 0.2) is 0 Å². The summed E-state index contributed by atoms with van der Waals surface area (Å²) in [7, 11) is 0. The summed E-state index contributed by atoms with van der Waals surface area (Å²) in [6, 6.07) is 0. The van der Waals surface area contributed by atoms with Crippen molar-refractivity contribution in [3.8, 4) is 0 Å². The van der Waals surface area contributed by atoms with Crippen LogP contribution in [0.25, 0.3) is 0 Å².